The minimum absolute atomic E-state index is 0.0292. The van der Waals surface area contributed by atoms with E-state index in [0.717, 1.165) is 30.6 Å². The highest BCUT2D eigenvalue weighted by Crippen LogP contribution is 2.42. The van der Waals surface area contributed by atoms with Gasteiger partial charge in [0.2, 0.25) is 0 Å². The number of carbonyl (C=O) groups excluding carboxylic acids is 1. The molecule has 0 atom stereocenters. The highest BCUT2D eigenvalue weighted by atomic mass is 16.4. The number of carbonyl (C=O) groups is 2. The predicted octanol–water partition coefficient (Wildman–Crippen LogP) is 3.23. The maximum absolute atomic E-state index is 12.4. The lowest BCUT2D eigenvalue weighted by molar-refractivity contribution is -0.143. The van der Waals surface area contributed by atoms with Gasteiger partial charge in [-0.1, -0.05) is 25.0 Å². The molecule has 5 nitrogen and oxygen atoms in total. The molecule has 0 radical (unpaired) electrons. The van der Waals surface area contributed by atoms with Gasteiger partial charge in [-0.15, -0.1) is 0 Å². The van der Waals surface area contributed by atoms with Crippen LogP contribution in [0.15, 0.2) is 24.3 Å². The third kappa shape index (κ3) is 2.58. The van der Waals surface area contributed by atoms with Crippen LogP contribution in [-0.2, 0) is 10.2 Å². The quantitative estimate of drug-likeness (QED) is 0.927. The number of urea groups is 1. The van der Waals surface area contributed by atoms with E-state index >= 15 is 0 Å². The first-order valence-electron chi connectivity index (χ1n) is 8.38. The van der Waals surface area contributed by atoms with Crippen LogP contribution < -0.4 is 4.90 Å². The van der Waals surface area contributed by atoms with E-state index in [1.54, 1.807) is 4.90 Å². The fourth-order valence-electron chi connectivity index (χ4n) is 3.84. The summed E-state index contributed by atoms with van der Waals surface area (Å²) >= 11 is 0. The highest BCUT2D eigenvalue weighted by Gasteiger charge is 2.43. The standard InChI is InChI=1S/C18H24N2O3/c1-13(2)19-11-12-20(17(19)23)15-7-5-14(6-8-15)18(16(21)22)9-3-4-10-18/h5-8,13H,3-4,9-12H2,1-2H3,(H,21,22). The highest BCUT2D eigenvalue weighted by molar-refractivity contribution is 5.94. The fourth-order valence-corrected chi connectivity index (χ4v) is 3.84. The van der Waals surface area contributed by atoms with Crippen molar-refractivity contribution in [3.05, 3.63) is 29.8 Å². The molecule has 23 heavy (non-hydrogen) atoms. The van der Waals surface area contributed by atoms with Crippen molar-refractivity contribution >= 4 is 17.7 Å². The normalized spacial score (nSPS) is 20.6. The summed E-state index contributed by atoms with van der Waals surface area (Å²) in [6, 6.07) is 7.78. The zero-order valence-electron chi connectivity index (χ0n) is 13.8. The second kappa shape index (κ2) is 5.87. The fraction of sp³-hybridized carbons (Fsp3) is 0.556. The molecule has 1 aromatic carbocycles. The molecular formula is C18H24N2O3. The van der Waals surface area contributed by atoms with Crippen LogP contribution in [0.5, 0.6) is 0 Å². The van der Waals surface area contributed by atoms with Gasteiger partial charge in [0.25, 0.3) is 0 Å². The Bertz CT molecular complexity index is 603. The van der Waals surface area contributed by atoms with Gasteiger partial charge in [-0.2, -0.15) is 0 Å². The average molecular weight is 316 g/mol. The van der Waals surface area contributed by atoms with Crippen molar-refractivity contribution in [2.24, 2.45) is 0 Å². The molecule has 2 aliphatic rings. The number of hydrogen-bond donors (Lipinski definition) is 1. The molecule has 1 saturated heterocycles. The van der Waals surface area contributed by atoms with E-state index in [9.17, 15) is 14.7 Å². The van der Waals surface area contributed by atoms with E-state index in [1.807, 2.05) is 43.0 Å². The SMILES string of the molecule is CC(C)N1CCN(c2ccc(C3(C(=O)O)CCCC3)cc2)C1=O. The lowest BCUT2D eigenvalue weighted by Gasteiger charge is -2.25. The number of amides is 2. The second-order valence-electron chi connectivity index (χ2n) is 6.86. The van der Waals surface area contributed by atoms with E-state index in [4.69, 9.17) is 0 Å². The Balaban J connectivity index is 1.83. The van der Waals surface area contributed by atoms with E-state index in [-0.39, 0.29) is 12.1 Å². The van der Waals surface area contributed by atoms with Crippen molar-refractivity contribution in [3.8, 4) is 0 Å². The largest absolute Gasteiger partial charge is 0.481 e. The first kappa shape index (κ1) is 15.8. The van der Waals surface area contributed by atoms with Gasteiger partial charge in [-0.05, 0) is 44.4 Å². The zero-order valence-corrected chi connectivity index (χ0v) is 13.8. The van der Waals surface area contributed by atoms with Gasteiger partial charge in [-0.3, -0.25) is 9.69 Å². The van der Waals surface area contributed by atoms with Crippen molar-refractivity contribution in [2.45, 2.75) is 51.0 Å². The number of nitrogens with zero attached hydrogens (tertiary/aromatic N) is 2. The van der Waals surface area contributed by atoms with Crippen LogP contribution in [0.2, 0.25) is 0 Å². The van der Waals surface area contributed by atoms with Crippen LogP contribution in [0.3, 0.4) is 0 Å². The lowest BCUT2D eigenvalue weighted by atomic mass is 9.79. The van der Waals surface area contributed by atoms with Crippen LogP contribution >= 0.6 is 0 Å². The molecule has 3 rings (SSSR count). The molecular weight excluding hydrogens is 292 g/mol. The number of hydrogen-bond acceptors (Lipinski definition) is 2. The average Bonchev–Trinajstić information content (AvgIpc) is 3.15. The third-order valence-electron chi connectivity index (χ3n) is 5.26. The van der Waals surface area contributed by atoms with Gasteiger partial charge < -0.3 is 10.0 Å². The van der Waals surface area contributed by atoms with E-state index in [2.05, 4.69) is 0 Å². The first-order chi connectivity index (χ1) is 11.0. The molecule has 0 bridgehead atoms. The minimum atomic E-state index is -0.739. The van der Waals surface area contributed by atoms with Crippen LogP contribution in [0.25, 0.3) is 0 Å². The Kier molecular flexibility index (Phi) is 4.04. The molecule has 2 amide bonds. The number of carboxylic acid groups (broad SMARTS) is 1. The number of aliphatic carboxylic acids is 1. The van der Waals surface area contributed by atoms with Crippen LogP contribution in [0.4, 0.5) is 10.5 Å². The number of benzene rings is 1. The Morgan fingerprint density at radius 1 is 1.13 bits per heavy atom. The Hall–Kier alpha value is -2.04. The van der Waals surface area contributed by atoms with Crippen molar-refractivity contribution in [3.63, 3.8) is 0 Å². The maximum Gasteiger partial charge on any atom is 0.324 e. The van der Waals surface area contributed by atoms with Crippen LogP contribution in [0, 0.1) is 0 Å². The molecule has 0 unspecified atom stereocenters. The number of anilines is 1. The number of rotatable bonds is 4. The first-order valence-corrected chi connectivity index (χ1v) is 8.38. The molecule has 1 heterocycles. The van der Waals surface area contributed by atoms with Gasteiger partial charge in [0, 0.05) is 24.8 Å². The molecule has 124 valence electrons. The summed E-state index contributed by atoms with van der Waals surface area (Å²) in [7, 11) is 0. The molecule has 1 N–H and O–H groups in total. The van der Waals surface area contributed by atoms with Gasteiger partial charge in [0.1, 0.15) is 0 Å². The molecule has 1 aliphatic heterocycles. The van der Waals surface area contributed by atoms with Crippen molar-refractivity contribution in [2.75, 3.05) is 18.0 Å². The Morgan fingerprint density at radius 2 is 1.74 bits per heavy atom. The summed E-state index contributed by atoms with van der Waals surface area (Å²) in [5.41, 5.74) is 0.969. The van der Waals surface area contributed by atoms with Crippen molar-refractivity contribution in [1.82, 2.24) is 4.90 Å². The number of carboxylic acids is 1. The predicted molar refractivity (Wildman–Crippen MR) is 88.8 cm³/mol. The topological polar surface area (TPSA) is 60.9 Å². The lowest BCUT2D eigenvalue weighted by Crippen LogP contribution is -2.36. The molecule has 5 heteroatoms. The van der Waals surface area contributed by atoms with Gasteiger partial charge in [0.15, 0.2) is 0 Å². The van der Waals surface area contributed by atoms with E-state index < -0.39 is 11.4 Å². The summed E-state index contributed by atoms with van der Waals surface area (Å²) in [4.78, 5) is 27.8. The van der Waals surface area contributed by atoms with Gasteiger partial charge in [0.05, 0.1) is 5.41 Å². The summed E-state index contributed by atoms with van der Waals surface area (Å²) in [5, 5.41) is 9.66. The molecule has 0 spiro atoms. The molecule has 1 saturated carbocycles. The summed E-state index contributed by atoms with van der Waals surface area (Å²) in [6.07, 6.45) is 3.32. The summed E-state index contributed by atoms with van der Waals surface area (Å²) in [6.45, 7) is 5.44. The molecule has 0 aromatic heterocycles. The monoisotopic (exact) mass is 316 g/mol. The summed E-state index contributed by atoms with van der Waals surface area (Å²) < 4.78 is 0. The van der Waals surface area contributed by atoms with Gasteiger partial charge >= 0.3 is 12.0 Å². The minimum Gasteiger partial charge on any atom is -0.481 e. The molecule has 2 fully saturated rings. The summed E-state index contributed by atoms with van der Waals surface area (Å²) in [5.74, 6) is -0.731. The van der Waals surface area contributed by atoms with Crippen molar-refractivity contribution in [1.29, 1.82) is 0 Å². The third-order valence-corrected chi connectivity index (χ3v) is 5.26. The van der Waals surface area contributed by atoms with Crippen LogP contribution in [-0.4, -0.2) is 41.1 Å². The van der Waals surface area contributed by atoms with Crippen molar-refractivity contribution < 1.29 is 14.7 Å². The molecule has 1 aliphatic carbocycles. The van der Waals surface area contributed by atoms with E-state index in [1.165, 1.54) is 0 Å². The zero-order chi connectivity index (χ0) is 16.6. The Morgan fingerprint density at radius 3 is 2.22 bits per heavy atom. The van der Waals surface area contributed by atoms with Crippen LogP contribution in [0.1, 0.15) is 45.1 Å². The maximum atomic E-state index is 12.4. The van der Waals surface area contributed by atoms with Gasteiger partial charge in [-0.25, -0.2) is 4.79 Å². The Labute approximate surface area is 136 Å². The van der Waals surface area contributed by atoms with E-state index in [0.29, 0.717) is 19.4 Å². The molecule has 1 aromatic rings. The second-order valence-corrected chi connectivity index (χ2v) is 6.86. The smallest absolute Gasteiger partial charge is 0.324 e.